The SMILES string of the molecule is Cc1ccc(C(C)(C)C2CCC(c3ccc(Br)cc3)=NN2)cc1. The zero-order chi connectivity index (χ0) is 16.4. The highest BCUT2D eigenvalue weighted by Gasteiger charge is 2.33. The number of nitrogens with zero attached hydrogens (tertiary/aromatic N) is 1. The molecule has 2 nitrogen and oxygen atoms in total. The smallest absolute Gasteiger partial charge is 0.0676 e. The molecular formula is C20H23BrN2. The predicted octanol–water partition coefficient (Wildman–Crippen LogP) is 5.19. The summed E-state index contributed by atoms with van der Waals surface area (Å²) in [6.07, 6.45) is 2.10. The highest BCUT2D eigenvalue weighted by atomic mass is 79.9. The van der Waals surface area contributed by atoms with Crippen LogP contribution in [0, 0.1) is 6.92 Å². The Balaban J connectivity index is 1.76. The van der Waals surface area contributed by atoms with Crippen molar-refractivity contribution in [1.82, 2.24) is 5.43 Å². The van der Waals surface area contributed by atoms with Gasteiger partial charge in [-0.1, -0.05) is 71.7 Å². The van der Waals surface area contributed by atoms with Gasteiger partial charge in [0.15, 0.2) is 0 Å². The molecule has 0 saturated heterocycles. The van der Waals surface area contributed by atoms with Crippen LogP contribution in [-0.4, -0.2) is 11.8 Å². The highest BCUT2D eigenvalue weighted by Crippen LogP contribution is 2.31. The van der Waals surface area contributed by atoms with Crippen LogP contribution in [0.5, 0.6) is 0 Å². The first-order valence-electron chi connectivity index (χ1n) is 8.12. The standard InChI is InChI=1S/C20H23BrN2/c1-14-4-8-16(9-5-14)20(2,3)19-13-12-18(22-23-19)15-6-10-17(21)11-7-15/h4-11,19,23H,12-13H2,1-3H3. The van der Waals surface area contributed by atoms with Gasteiger partial charge in [-0.25, -0.2) is 0 Å². The molecule has 23 heavy (non-hydrogen) atoms. The van der Waals surface area contributed by atoms with E-state index in [2.05, 4.69) is 95.8 Å². The van der Waals surface area contributed by atoms with E-state index >= 15 is 0 Å². The summed E-state index contributed by atoms with van der Waals surface area (Å²) in [5.41, 5.74) is 8.48. The minimum atomic E-state index is 0.0580. The third kappa shape index (κ3) is 3.50. The number of benzene rings is 2. The molecule has 0 fully saturated rings. The Bertz CT molecular complexity index is 699. The molecule has 3 heteroatoms. The molecule has 120 valence electrons. The Labute approximate surface area is 147 Å². The van der Waals surface area contributed by atoms with Crippen LogP contribution in [0.25, 0.3) is 0 Å². The normalized spacial score (nSPS) is 18.3. The van der Waals surface area contributed by atoms with E-state index in [4.69, 9.17) is 0 Å². The summed E-state index contributed by atoms with van der Waals surface area (Å²) >= 11 is 3.48. The van der Waals surface area contributed by atoms with Crippen molar-refractivity contribution in [2.24, 2.45) is 5.10 Å². The Kier molecular flexibility index (Phi) is 4.58. The van der Waals surface area contributed by atoms with E-state index in [1.54, 1.807) is 0 Å². The zero-order valence-corrected chi connectivity index (χ0v) is 15.5. The molecule has 0 aliphatic carbocycles. The maximum atomic E-state index is 4.67. The van der Waals surface area contributed by atoms with Gasteiger partial charge in [-0.3, -0.25) is 0 Å². The summed E-state index contributed by atoms with van der Waals surface area (Å²) in [6.45, 7) is 6.73. The lowest BCUT2D eigenvalue weighted by Crippen LogP contribution is -2.45. The van der Waals surface area contributed by atoms with Gasteiger partial charge in [-0.05, 0) is 43.0 Å². The topological polar surface area (TPSA) is 24.4 Å². The zero-order valence-electron chi connectivity index (χ0n) is 13.9. The lowest BCUT2D eigenvalue weighted by atomic mass is 9.75. The van der Waals surface area contributed by atoms with Gasteiger partial charge >= 0.3 is 0 Å². The molecular weight excluding hydrogens is 348 g/mol. The fraction of sp³-hybridized carbons (Fsp3) is 0.350. The second-order valence-electron chi connectivity index (χ2n) is 6.87. The van der Waals surface area contributed by atoms with Gasteiger partial charge in [0.25, 0.3) is 0 Å². The average molecular weight is 371 g/mol. The summed E-state index contributed by atoms with van der Waals surface area (Å²) in [5, 5.41) is 4.67. The number of hydrazone groups is 1. The Hall–Kier alpha value is -1.61. The van der Waals surface area contributed by atoms with Crippen molar-refractivity contribution >= 4 is 21.6 Å². The minimum absolute atomic E-state index is 0.0580. The number of aryl methyl sites for hydroxylation is 1. The molecule has 0 spiro atoms. The lowest BCUT2D eigenvalue weighted by Gasteiger charge is -2.37. The molecule has 0 bridgehead atoms. The summed E-state index contributed by atoms with van der Waals surface area (Å²) in [5.74, 6) is 0. The fourth-order valence-corrected chi connectivity index (χ4v) is 3.38. The number of rotatable bonds is 3. The molecule has 2 aromatic carbocycles. The van der Waals surface area contributed by atoms with Crippen LogP contribution in [0.15, 0.2) is 58.1 Å². The molecule has 1 unspecified atom stereocenters. The van der Waals surface area contributed by atoms with E-state index in [1.165, 1.54) is 16.7 Å². The number of hydrogen-bond acceptors (Lipinski definition) is 2. The van der Waals surface area contributed by atoms with Crippen LogP contribution < -0.4 is 5.43 Å². The Morgan fingerprint density at radius 1 is 1.04 bits per heavy atom. The van der Waals surface area contributed by atoms with Crippen LogP contribution in [-0.2, 0) is 5.41 Å². The van der Waals surface area contributed by atoms with Crippen molar-refractivity contribution in [2.45, 2.75) is 45.1 Å². The van der Waals surface area contributed by atoms with Crippen molar-refractivity contribution < 1.29 is 0 Å². The molecule has 3 rings (SSSR count). The van der Waals surface area contributed by atoms with E-state index in [1.807, 2.05) is 0 Å². The first-order valence-corrected chi connectivity index (χ1v) is 8.91. The molecule has 0 aromatic heterocycles. The van der Waals surface area contributed by atoms with Crippen LogP contribution in [0.3, 0.4) is 0 Å². The molecule has 0 radical (unpaired) electrons. The third-order valence-corrected chi connectivity index (χ3v) is 5.40. The molecule has 1 aliphatic heterocycles. The van der Waals surface area contributed by atoms with Crippen molar-refractivity contribution in [1.29, 1.82) is 0 Å². The summed E-state index contributed by atoms with van der Waals surface area (Å²) in [7, 11) is 0. The highest BCUT2D eigenvalue weighted by molar-refractivity contribution is 9.10. The first-order chi connectivity index (χ1) is 11.0. The van der Waals surface area contributed by atoms with E-state index in [9.17, 15) is 0 Å². The van der Waals surface area contributed by atoms with Gasteiger partial charge in [0.2, 0.25) is 0 Å². The number of halogens is 1. The quantitative estimate of drug-likeness (QED) is 0.789. The molecule has 1 atom stereocenters. The first kappa shape index (κ1) is 16.3. The fourth-order valence-electron chi connectivity index (χ4n) is 3.12. The summed E-state index contributed by atoms with van der Waals surface area (Å²) in [4.78, 5) is 0. The number of hydrogen-bond donors (Lipinski definition) is 1. The molecule has 0 amide bonds. The second-order valence-corrected chi connectivity index (χ2v) is 7.79. The molecule has 1 aliphatic rings. The Morgan fingerprint density at radius 2 is 1.70 bits per heavy atom. The van der Waals surface area contributed by atoms with Gasteiger partial charge in [0.1, 0.15) is 0 Å². The van der Waals surface area contributed by atoms with E-state index in [0.29, 0.717) is 6.04 Å². The maximum absolute atomic E-state index is 4.67. The van der Waals surface area contributed by atoms with E-state index in [0.717, 1.165) is 23.0 Å². The number of nitrogens with one attached hydrogen (secondary N) is 1. The van der Waals surface area contributed by atoms with Gasteiger partial charge in [-0.15, -0.1) is 0 Å². The molecule has 2 aromatic rings. The summed E-state index contributed by atoms with van der Waals surface area (Å²) in [6, 6.07) is 17.6. The molecule has 1 N–H and O–H groups in total. The van der Waals surface area contributed by atoms with Gasteiger partial charge < -0.3 is 5.43 Å². The van der Waals surface area contributed by atoms with Crippen molar-refractivity contribution in [3.8, 4) is 0 Å². The average Bonchev–Trinajstić information content (AvgIpc) is 2.56. The lowest BCUT2D eigenvalue weighted by molar-refractivity contribution is 0.321. The van der Waals surface area contributed by atoms with Crippen molar-refractivity contribution in [2.75, 3.05) is 0 Å². The van der Waals surface area contributed by atoms with E-state index < -0.39 is 0 Å². The van der Waals surface area contributed by atoms with Crippen LogP contribution in [0.2, 0.25) is 0 Å². The second kappa shape index (κ2) is 6.48. The molecule has 0 saturated carbocycles. The van der Waals surface area contributed by atoms with Gasteiger partial charge in [-0.2, -0.15) is 5.10 Å². The maximum Gasteiger partial charge on any atom is 0.0676 e. The Morgan fingerprint density at radius 3 is 2.26 bits per heavy atom. The van der Waals surface area contributed by atoms with Crippen molar-refractivity contribution in [3.63, 3.8) is 0 Å². The predicted molar refractivity (Wildman–Crippen MR) is 101 cm³/mol. The minimum Gasteiger partial charge on any atom is -0.306 e. The van der Waals surface area contributed by atoms with Crippen LogP contribution in [0.1, 0.15) is 43.4 Å². The summed E-state index contributed by atoms with van der Waals surface area (Å²) < 4.78 is 1.10. The largest absolute Gasteiger partial charge is 0.306 e. The molecule has 1 heterocycles. The third-order valence-electron chi connectivity index (χ3n) is 4.87. The van der Waals surface area contributed by atoms with Crippen LogP contribution in [0.4, 0.5) is 0 Å². The monoisotopic (exact) mass is 370 g/mol. The van der Waals surface area contributed by atoms with Crippen molar-refractivity contribution in [3.05, 3.63) is 69.7 Å². The van der Waals surface area contributed by atoms with Gasteiger partial charge in [0.05, 0.1) is 11.8 Å². The van der Waals surface area contributed by atoms with E-state index in [-0.39, 0.29) is 5.41 Å². The van der Waals surface area contributed by atoms with Gasteiger partial charge in [0, 0.05) is 9.89 Å². The van der Waals surface area contributed by atoms with Crippen LogP contribution >= 0.6 is 15.9 Å².